The molecule has 116 valence electrons. The lowest BCUT2D eigenvalue weighted by Gasteiger charge is -2.12. The minimum atomic E-state index is -2.66. The molecular weight excluding hydrogens is 298 g/mol. The van der Waals surface area contributed by atoms with Gasteiger partial charge in [-0.1, -0.05) is 18.2 Å². The molecule has 4 rings (SSSR count). The summed E-state index contributed by atoms with van der Waals surface area (Å²) in [5.41, 5.74) is 0.345. The minimum Gasteiger partial charge on any atom is -0.239 e. The first-order valence-electron chi connectivity index (χ1n) is 7.17. The van der Waals surface area contributed by atoms with Gasteiger partial charge in [-0.3, -0.25) is 0 Å². The molecule has 2 aromatic rings. The standard InChI is InChI=1S/C15H13F4N3/c16-10-4-2-1-3-9(10)12-6-11(17)14-20-13(21-22(12)14)5-8-7-15(8,18)19/h1-4,8,11-12H,5-7H2/t8?,11?,12-/m0/s1. The maximum Gasteiger partial charge on any atom is 0.252 e. The Balaban J connectivity index is 1.65. The van der Waals surface area contributed by atoms with Crippen molar-refractivity contribution < 1.29 is 17.6 Å². The lowest BCUT2D eigenvalue weighted by Crippen LogP contribution is -2.10. The highest BCUT2D eigenvalue weighted by Crippen LogP contribution is 2.50. The summed E-state index contributed by atoms with van der Waals surface area (Å²) in [6.45, 7) is 0. The van der Waals surface area contributed by atoms with Crippen LogP contribution < -0.4 is 0 Å². The number of halogens is 4. The SMILES string of the molecule is Fc1ccccc1[C@@H]1CC(F)c2nc(CC3CC3(F)F)nn21. The summed E-state index contributed by atoms with van der Waals surface area (Å²) in [6, 6.07) is 5.55. The first kappa shape index (κ1) is 13.7. The van der Waals surface area contributed by atoms with E-state index in [1.165, 1.54) is 10.7 Å². The van der Waals surface area contributed by atoms with Crippen molar-refractivity contribution in [3.63, 3.8) is 0 Å². The van der Waals surface area contributed by atoms with Crippen LogP contribution in [0.2, 0.25) is 0 Å². The van der Waals surface area contributed by atoms with E-state index in [9.17, 15) is 17.6 Å². The van der Waals surface area contributed by atoms with Crippen LogP contribution in [-0.4, -0.2) is 20.7 Å². The van der Waals surface area contributed by atoms with Gasteiger partial charge < -0.3 is 0 Å². The van der Waals surface area contributed by atoms with Crippen LogP contribution in [0, 0.1) is 11.7 Å². The monoisotopic (exact) mass is 311 g/mol. The summed E-state index contributed by atoms with van der Waals surface area (Å²) in [5, 5.41) is 4.15. The van der Waals surface area contributed by atoms with Gasteiger partial charge in [-0.15, -0.1) is 0 Å². The van der Waals surface area contributed by atoms with Crippen molar-refractivity contribution in [1.82, 2.24) is 14.8 Å². The second-order valence-electron chi connectivity index (χ2n) is 5.94. The Kier molecular flexibility index (Phi) is 2.83. The third kappa shape index (κ3) is 2.10. The fourth-order valence-electron chi connectivity index (χ4n) is 3.03. The number of rotatable bonds is 3. The Labute approximate surface area is 124 Å². The quantitative estimate of drug-likeness (QED) is 0.811. The van der Waals surface area contributed by atoms with Crippen molar-refractivity contribution >= 4 is 0 Å². The lowest BCUT2D eigenvalue weighted by molar-refractivity contribution is 0.0984. The molecule has 1 fully saturated rings. The van der Waals surface area contributed by atoms with Crippen LogP contribution in [0.4, 0.5) is 17.6 Å². The molecule has 0 N–H and O–H groups in total. The average Bonchev–Trinajstić information content (AvgIpc) is 2.81. The van der Waals surface area contributed by atoms with Gasteiger partial charge in [0.25, 0.3) is 5.92 Å². The average molecular weight is 311 g/mol. The summed E-state index contributed by atoms with van der Waals surface area (Å²) in [4.78, 5) is 4.04. The highest BCUT2D eigenvalue weighted by atomic mass is 19.3. The van der Waals surface area contributed by atoms with Gasteiger partial charge in [0.05, 0.1) is 6.04 Å². The number of hydrogen-bond donors (Lipinski definition) is 0. The van der Waals surface area contributed by atoms with Crippen LogP contribution >= 0.6 is 0 Å². The smallest absolute Gasteiger partial charge is 0.239 e. The first-order valence-corrected chi connectivity index (χ1v) is 7.17. The van der Waals surface area contributed by atoms with E-state index in [1.54, 1.807) is 18.2 Å². The van der Waals surface area contributed by atoms with E-state index in [0.717, 1.165) is 0 Å². The molecule has 0 spiro atoms. The minimum absolute atomic E-state index is 0.0315. The van der Waals surface area contributed by atoms with Gasteiger partial charge in [-0.25, -0.2) is 27.2 Å². The van der Waals surface area contributed by atoms with E-state index in [2.05, 4.69) is 10.1 Å². The van der Waals surface area contributed by atoms with E-state index < -0.39 is 29.9 Å². The zero-order valence-electron chi connectivity index (χ0n) is 11.5. The first-order chi connectivity index (χ1) is 10.5. The van der Waals surface area contributed by atoms with Gasteiger partial charge in [0.1, 0.15) is 5.82 Å². The number of aromatic nitrogens is 3. The Morgan fingerprint density at radius 1 is 1.27 bits per heavy atom. The highest BCUT2D eigenvalue weighted by molar-refractivity contribution is 5.25. The number of benzene rings is 1. The van der Waals surface area contributed by atoms with E-state index >= 15 is 0 Å². The molecule has 7 heteroatoms. The van der Waals surface area contributed by atoms with Crippen LogP contribution in [0.3, 0.4) is 0 Å². The Morgan fingerprint density at radius 3 is 2.68 bits per heavy atom. The summed E-state index contributed by atoms with van der Waals surface area (Å²) < 4.78 is 55.3. The molecule has 0 saturated heterocycles. The van der Waals surface area contributed by atoms with Crippen molar-refractivity contribution in [3.8, 4) is 0 Å². The van der Waals surface area contributed by atoms with Gasteiger partial charge in [0.15, 0.2) is 17.8 Å². The highest BCUT2D eigenvalue weighted by Gasteiger charge is 2.57. The van der Waals surface area contributed by atoms with Crippen molar-refractivity contribution in [3.05, 3.63) is 47.3 Å². The van der Waals surface area contributed by atoms with E-state index in [0.29, 0.717) is 5.56 Å². The maximum atomic E-state index is 14.1. The molecule has 2 unspecified atom stereocenters. The molecule has 22 heavy (non-hydrogen) atoms. The summed E-state index contributed by atoms with van der Waals surface area (Å²) in [6.07, 6.45) is -1.43. The van der Waals surface area contributed by atoms with Gasteiger partial charge in [0.2, 0.25) is 0 Å². The number of nitrogens with zero attached hydrogens (tertiary/aromatic N) is 3. The molecule has 3 nitrogen and oxygen atoms in total. The molecule has 0 bridgehead atoms. The van der Waals surface area contributed by atoms with Crippen molar-refractivity contribution in [1.29, 1.82) is 0 Å². The van der Waals surface area contributed by atoms with Crippen LogP contribution in [0.25, 0.3) is 0 Å². The Morgan fingerprint density at radius 2 is 2.00 bits per heavy atom. The molecule has 0 radical (unpaired) electrons. The molecule has 1 aliphatic heterocycles. The topological polar surface area (TPSA) is 30.7 Å². The fourth-order valence-corrected chi connectivity index (χ4v) is 3.03. The van der Waals surface area contributed by atoms with Gasteiger partial charge in [-0.05, 0) is 6.07 Å². The summed E-state index contributed by atoms with van der Waals surface area (Å²) >= 11 is 0. The van der Waals surface area contributed by atoms with Crippen LogP contribution in [0.1, 0.15) is 42.3 Å². The number of alkyl halides is 3. The van der Waals surface area contributed by atoms with E-state index in [4.69, 9.17) is 0 Å². The molecule has 1 aromatic heterocycles. The molecular formula is C15H13F4N3. The Bertz CT molecular complexity index is 727. The largest absolute Gasteiger partial charge is 0.252 e. The maximum absolute atomic E-state index is 14.1. The molecule has 2 aliphatic rings. The van der Waals surface area contributed by atoms with Crippen LogP contribution in [-0.2, 0) is 6.42 Å². The predicted molar refractivity (Wildman–Crippen MR) is 69.8 cm³/mol. The third-order valence-corrected chi connectivity index (χ3v) is 4.36. The molecule has 1 aromatic carbocycles. The number of fused-ring (bicyclic) bond motifs is 1. The summed E-state index contributed by atoms with van der Waals surface area (Å²) in [5.74, 6) is -3.54. The predicted octanol–water partition coefficient (Wildman–Crippen LogP) is 3.62. The number of hydrogen-bond acceptors (Lipinski definition) is 2. The van der Waals surface area contributed by atoms with Crippen LogP contribution in [0.15, 0.2) is 24.3 Å². The van der Waals surface area contributed by atoms with Crippen molar-refractivity contribution in [2.45, 2.75) is 37.4 Å². The third-order valence-electron chi connectivity index (χ3n) is 4.36. The lowest BCUT2D eigenvalue weighted by atomic mass is 10.0. The zero-order chi connectivity index (χ0) is 15.5. The van der Waals surface area contributed by atoms with Crippen molar-refractivity contribution in [2.75, 3.05) is 0 Å². The molecule has 3 atom stereocenters. The zero-order valence-corrected chi connectivity index (χ0v) is 11.5. The second-order valence-corrected chi connectivity index (χ2v) is 5.94. The van der Waals surface area contributed by atoms with Crippen LogP contribution in [0.5, 0.6) is 0 Å². The van der Waals surface area contributed by atoms with E-state index in [1.807, 2.05) is 0 Å². The normalized spacial score (nSPS) is 28.6. The fraction of sp³-hybridized carbons (Fsp3) is 0.467. The molecule has 1 saturated carbocycles. The van der Waals surface area contributed by atoms with Crippen molar-refractivity contribution in [2.24, 2.45) is 5.92 Å². The Hall–Kier alpha value is -1.92. The summed E-state index contributed by atoms with van der Waals surface area (Å²) in [7, 11) is 0. The van der Waals surface area contributed by atoms with Gasteiger partial charge >= 0.3 is 0 Å². The second kappa shape index (κ2) is 4.54. The molecule has 1 aliphatic carbocycles. The van der Waals surface area contributed by atoms with Gasteiger partial charge in [-0.2, -0.15) is 5.10 Å². The van der Waals surface area contributed by atoms with Gasteiger partial charge in [0, 0.05) is 30.7 Å². The molecule has 0 amide bonds. The van der Waals surface area contributed by atoms with E-state index in [-0.39, 0.29) is 30.9 Å². The molecule has 2 heterocycles.